The first-order valence-electron chi connectivity index (χ1n) is 4.58. The van der Waals surface area contributed by atoms with E-state index in [1.165, 1.54) is 19.9 Å². The van der Waals surface area contributed by atoms with Crippen LogP contribution in [0.5, 0.6) is 0 Å². The van der Waals surface area contributed by atoms with Crippen molar-refractivity contribution >= 4 is 9.84 Å². The van der Waals surface area contributed by atoms with Crippen LogP contribution in [0.25, 0.3) is 0 Å². The molecule has 0 N–H and O–H groups in total. The second-order valence-electron chi connectivity index (χ2n) is 3.44. The van der Waals surface area contributed by atoms with E-state index in [2.05, 4.69) is 0 Å². The van der Waals surface area contributed by atoms with Crippen LogP contribution in [0.3, 0.4) is 0 Å². The van der Waals surface area contributed by atoms with E-state index in [0.29, 0.717) is 6.07 Å². The predicted molar refractivity (Wildman–Crippen MR) is 53.9 cm³/mol. The molecule has 0 fully saturated rings. The summed E-state index contributed by atoms with van der Waals surface area (Å²) in [6.45, 7) is 2.83. The Hall–Kier alpha value is -1.04. The van der Waals surface area contributed by atoms with Gasteiger partial charge in [0, 0.05) is 0 Å². The third-order valence-corrected chi connectivity index (χ3v) is 3.83. The minimum Gasteiger partial charge on any atom is -0.224 e. The Labute approximate surface area is 92.0 Å². The molecule has 0 heterocycles. The van der Waals surface area contributed by atoms with Gasteiger partial charge in [0.15, 0.2) is 9.84 Å². The summed E-state index contributed by atoms with van der Waals surface area (Å²) >= 11 is 0. The number of benzene rings is 1. The molecule has 6 heteroatoms. The van der Waals surface area contributed by atoms with Gasteiger partial charge < -0.3 is 0 Å². The zero-order chi connectivity index (χ0) is 12.6. The molecule has 2 nitrogen and oxygen atoms in total. The van der Waals surface area contributed by atoms with Crippen molar-refractivity contribution in [2.24, 2.45) is 0 Å². The van der Waals surface area contributed by atoms with Gasteiger partial charge in [0.2, 0.25) is 0 Å². The van der Waals surface area contributed by atoms with Crippen LogP contribution in [0.4, 0.5) is 13.2 Å². The van der Waals surface area contributed by atoms with Gasteiger partial charge in [0.05, 0.1) is 16.2 Å². The monoisotopic (exact) mass is 252 g/mol. The first-order chi connectivity index (χ1) is 7.16. The van der Waals surface area contributed by atoms with Crippen molar-refractivity contribution in [3.8, 4) is 0 Å². The number of aryl methyl sites for hydroxylation is 1. The molecular formula is C10H11F3O2S. The molecule has 0 spiro atoms. The van der Waals surface area contributed by atoms with Gasteiger partial charge >= 0.3 is 6.18 Å². The molecule has 0 bridgehead atoms. The predicted octanol–water partition coefficient (Wildman–Crippen LogP) is 2.81. The molecule has 0 aliphatic rings. The quantitative estimate of drug-likeness (QED) is 0.811. The molecule has 1 aromatic carbocycles. The molecule has 0 amide bonds. The fourth-order valence-corrected chi connectivity index (χ4v) is 2.26. The summed E-state index contributed by atoms with van der Waals surface area (Å²) in [5.74, 6) is -0.215. The van der Waals surface area contributed by atoms with Crippen LogP contribution >= 0.6 is 0 Å². The molecule has 0 atom stereocenters. The van der Waals surface area contributed by atoms with Gasteiger partial charge in [-0.1, -0.05) is 6.92 Å². The molecule has 0 unspecified atom stereocenters. The molecule has 1 aromatic rings. The summed E-state index contributed by atoms with van der Waals surface area (Å²) in [6, 6.07) is 2.84. The van der Waals surface area contributed by atoms with Crippen LogP contribution in [-0.2, 0) is 16.0 Å². The molecular weight excluding hydrogens is 241 g/mol. The zero-order valence-electron chi connectivity index (χ0n) is 8.80. The molecule has 1 rings (SSSR count). The Bertz CT molecular complexity index is 489. The molecule has 16 heavy (non-hydrogen) atoms. The smallest absolute Gasteiger partial charge is 0.224 e. The molecule has 0 saturated carbocycles. The number of rotatable bonds is 2. The van der Waals surface area contributed by atoms with E-state index in [1.54, 1.807) is 0 Å². The van der Waals surface area contributed by atoms with Crippen LogP contribution in [0.2, 0.25) is 0 Å². The summed E-state index contributed by atoms with van der Waals surface area (Å²) in [7, 11) is -3.60. The summed E-state index contributed by atoms with van der Waals surface area (Å²) in [5.41, 5.74) is -0.652. The van der Waals surface area contributed by atoms with E-state index in [-0.39, 0.29) is 16.2 Å². The number of hydrogen-bond acceptors (Lipinski definition) is 2. The Morgan fingerprint density at radius 1 is 1.19 bits per heavy atom. The lowest BCUT2D eigenvalue weighted by Gasteiger charge is -2.10. The molecule has 90 valence electrons. The lowest BCUT2D eigenvalue weighted by Crippen LogP contribution is -2.09. The van der Waals surface area contributed by atoms with E-state index < -0.39 is 21.6 Å². The van der Waals surface area contributed by atoms with Crippen molar-refractivity contribution in [1.29, 1.82) is 0 Å². The van der Waals surface area contributed by atoms with Gasteiger partial charge in [-0.05, 0) is 30.7 Å². The zero-order valence-corrected chi connectivity index (χ0v) is 9.61. The summed E-state index contributed by atoms with van der Waals surface area (Å²) in [6.07, 6.45) is -4.52. The number of hydrogen-bond donors (Lipinski definition) is 0. The highest BCUT2D eigenvalue weighted by molar-refractivity contribution is 7.91. The third kappa shape index (κ3) is 2.75. The average Bonchev–Trinajstić information content (AvgIpc) is 2.15. The van der Waals surface area contributed by atoms with Crippen LogP contribution in [-0.4, -0.2) is 14.2 Å². The highest BCUT2D eigenvalue weighted by Crippen LogP contribution is 2.31. The second kappa shape index (κ2) is 4.08. The first-order valence-corrected chi connectivity index (χ1v) is 6.23. The standard InChI is InChI=1S/C10H11F3O2S/c1-3-16(14,15)9-5-7(2)4-8(6-9)10(11,12)13/h4-6H,3H2,1-2H3. The Kier molecular flexibility index (Phi) is 3.33. The van der Waals surface area contributed by atoms with Crippen LogP contribution in [0, 0.1) is 6.92 Å². The van der Waals surface area contributed by atoms with Gasteiger partial charge in [-0.2, -0.15) is 13.2 Å². The Morgan fingerprint density at radius 3 is 2.19 bits per heavy atom. The molecule has 0 aliphatic heterocycles. The minimum atomic E-state index is -4.52. The summed E-state index contributed by atoms with van der Waals surface area (Å²) < 4.78 is 60.3. The Balaban J connectivity index is 3.41. The number of halogens is 3. The van der Waals surface area contributed by atoms with E-state index in [0.717, 1.165) is 6.07 Å². The second-order valence-corrected chi connectivity index (χ2v) is 5.71. The average molecular weight is 252 g/mol. The van der Waals surface area contributed by atoms with Crippen molar-refractivity contribution in [2.75, 3.05) is 5.75 Å². The van der Waals surface area contributed by atoms with Gasteiger partial charge in [-0.25, -0.2) is 8.42 Å². The van der Waals surface area contributed by atoms with Gasteiger partial charge in [0.1, 0.15) is 0 Å². The van der Waals surface area contributed by atoms with Crippen molar-refractivity contribution in [3.63, 3.8) is 0 Å². The normalized spacial score (nSPS) is 12.8. The van der Waals surface area contributed by atoms with Crippen molar-refractivity contribution in [1.82, 2.24) is 0 Å². The van der Waals surface area contributed by atoms with E-state index >= 15 is 0 Å². The van der Waals surface area contributed by atoms with Gasteiger partial charge in [-0.3, -0.25) is 0 Å². The minimum absolute atomic E-state index is 0.215. The fraction of sp³-hybridized carbons (Fsp3) is 0.400. The number of alkyl halides is 3. The largest absolute Gasteiger partial charge is 0.416 e. The molecule has 0 aromatic heterocycles. The Morgan fingerprint density at radius 2 is 1.75 bits per heavy atom. The fourth-order valence-electron chi connectivity index (χ4n) is 1.26. The maximum atomic E-state index is 12.4. The summed E-state index contributed by atoms with van der Waals surface area (Å²) in [4.78, 5) is -0.276. The van der Waals surface area contributed by atoms with Crippen molar-refractivity contribution < 1.29 is 21.6 Å². The molecule has 0 radical (unpaired) electrons. The van der Waals surface area contributed by atoms with Gasteiger partial charge in [0.25, 0.3) is 0 Å². The number of sulfone groups is 1. The maximum absolute atomic E-state index is 12.4. The third-order valence-electron chi connectivity index (χ3n) is 2.12. The maximum Gasteiger partial charge on any atom is 0.416 e. The van der Waals surface area contributed by atoms with Crippen LogP contribution in [0.1, 0.15) is 18.1 Å². The van der Waals surface area contributed by atoms with E-state index in [1.807, 2.05) is 0 Å². The van der Waals surface area contributed by atoms with E-state index in [4.69, 9.17) is 0 Å². The molecule has 0 aliphatic carbocycles. The lowest BCUT2D eigenvalue weighted by atomic mass is 10.1. The van der Waals surface area contributed by atoms with Crippen LogP contribution in [0.15, 0.2) is 23.1 Å². The van der Waals surface area contributed by atoms with E-state index in [9.17, 15) is 21.6 Å². The van der Waals surface area contributed by atoms with Crippen LogP contribution < -0.4 is 0 Å². The van der Waals surface area contributed by atoms with Gasteiger partial charge in [-0.15, -0.1) is 0 Å². The van der Waals surface area contributed by atoms with Crippen molar-refractivity contribution in [2.45, 2.75) is 24.9 Å². The van der Waals surface area contributed by atoms with Crippen molar-refractivity contribution in [3.05, 3.63) is 29.3 Å². The first kappa shape index (κ1) is 13.0. The molecule has 0 saturated heterocycles. The summed E-state index contributed by atoms with van der Waals surface area (Å²) in [5, 5.41) is 0. The SMILES string of the molecule is CCS(=O)(=O)c1cc(C)cc(C(F)(F)F)c1. The topological polar surface area (TPSA) is 34.1 Å². The lowest BCUT2D eigenvalue weighted by molar-refractivity contribution is -0.137. The highest BCUT2D eigenvalue weighted by atomic mass is 32.2. The highest BCUT2D eigenvalue weighted by Gasteiger charge is 2.31.